The van der Waals surface area contributed by atoms with Crippen LogP contribution in [-0.4, -0.2) is 33.6 Å². The second kappa shape index (κ2) is 12.6. The van der Waals surface area contributed by atoms with Crippen LogP contribution in [0.2, 0.25) is 5.02 Å². The van der Waals surface area contributed by atoms with Crippen LogP contribution < -0.4 is 18.9 Å². The Hall–Kier alpha value is -4.85. The van der Waals surface area contributed by atoms with Crippen molar-refractivity contribution in [3.8, 4) is 63.9 Å². The van der Waals surface area contributed by atoms with E-state index < -0.39 is 0 Å². The predicted octanol–water partition coefficient (Wildman–Crippen LogP) is 7.32. The molecular formula is C31H25ClN2O5. The molecule has 1 heterocycles. The lowest BCUT2D eigenvalue weighted by Crippen LogP contribution is -2.01. The zero-order valence-electron chi connectivity index (χ0n) is 21.7. The first-order valence-electron chi connectivity index (χ1n) is 11.9. The molecule has 4 aromatic rings. The van der Waals surface area contributed by atoms with Gasteiger partial charge in [0.2, 0.25) is 5.88 Å². The normalized spacial score (nSPS) is 10.6. The molecule has 196 valence electrons. The summed E-state index contributed by atoms with van der Waals surface area (Å²) in [5, 5.41) is 10.5. The molecule has 0 fully saturated rings. The molecule has 1 aromatic heterocycles. The van der Waals surface area contributed by atoms with Crippen LogP contribution in [0.1, 0.15) is 18.1 Å². The minimum Gasteiger partial charge on any atom is -0.497 e. The second-order valence-electron chi connectivity index (χ2n) is 8.07. The number of benzene rings is 3. The molecule has 0 amide bonds. The van der Waals surface area contributed by atoms with Gasteiger partial charge in [0.25, 0.3) is 0 Å². The van der Waals surface area contributed by atoms with Crippen molar-refractivity contribution in [3.05, 3.63) is 76.8 Å². The third-order valence-electron chi connectivity index (χ3n) is 5.69. The van der Waals surface area contributed by atoms with E-state index in [-0.39, 0.29) is 18.1 Å². The number of rotatable bonds is 10. The number of furan rings is 1. The summed E-state index contributed by atoms with van der Waals surface area (Å²) in [6.07, 6.45) is 6.87. The quantitative estimate of drug-likeness (QED) is 0.155. The number of ether oxygens (including phenoxy) is 4. The Bertz CT molecular complexity index is 1560. The largest absolute Gasteiger partial charge is 0.497 e. The Kier molecular flexibility index (Phi) is 8.78. The summed E-state index contributed by atoms with van der Waals surface area (Å²) >= 11 is 6.45. The first-order valence-corrected chi connectivity index (χ1v) is 12.3. The fourth-order valence-electron chi connectivity index (χ4n) is 3.91. The predicted molar refractivity (Wildman–Crippen MR) is 152 cm³/mol. The molecule has 0 aliphatic carbocycles. The average molecular weight is 541 g/mol. The summed E-state index contributed by atoms with van der Waals surface area (Å²) in [7, 11) is 3.20. The van der Waals surface area contributed by atoms with E-state index >= 15 is 0 Å². The minimum atomic E-state index is 0.0490. The summed E-state index contributed by atoms with van der Waals surface area (Å²) in [6, 6.07) is 20.4. The summed E-state index contributed by atoms with van der Waals surface area (Å²) in [5.41, 5.74) is 3.06. The second-order valence-corrected chi connectivity index (χ2v) is 8.48. The number of nitriles is 1. The van der Waals surface area contributed by atoms with Crippen LogP contribution in [0.3, 0.4) is 0 Å². The van der Waals surface area contributed by atoms with E-state index in [9.17, 15) is 5.26 Å². The Morgan fingerprint density at radius 1 is 0.974 bits per heavy atom. The van der Waals surface area contributed by atoms with Gasteiger partial charge in [-0.25, -0.2) is 4.99 Å². The van der Waals surface area contributed by atoms with Gasteiger partial charge in [-0.2, -0.15) is 5.26 Å². The first-order chi connectivity index (χ1) is 19.0. The van der Waals surface area contributed by atoms with Crippen molar-refractivity contribution in [1.29, 1.82) is 5.26 Å². The van der Waals surface area contributed by atoms with E-state index in [1.165, 1.54) is 0 Å². The molecule has 0 spiro atoms. The van der Waals surface area contributed by atoms with Crippen LogP contribution in [0.4, 0.5) is 5.88 Å². The van der Waals surface area contributed by atoms with Crippen LogP contribution in [0.25, 0.3) is 22.5 Å². The summed E-state index contributed by atoms with van der Waals surface area (Å²) in [6.45, 7) is 2.30. The molecule has 0 bridgehead atoms. The van der Waals surface area contributed by atoms with E-state index in [0.29, 0.717) is 51.5 Å². The molecule has 8 heteroatoms. The number of nitrogens with zero attached hydrogens (tertiary/aromatic N) is 2. The highest BCUT2D eigenvalue weighted by atomic mass is 35.5. The highest BCUT2D eigenvalue weighted by Crippen LogP contribution is 2.43. The molecule has 0 atom stereocenters. The first kappa shape index (κ1) is 27.2. The van der Waals surface area contributed by atoms with Crippen LogP contribution in [0, 0.1) is 23.7 Å². The fourth-order valence-corrected chi connectivity index (χ4v) is 4.18. The van der Waals surface area contributed by atoms with E-state index in [1.54, 1.807) is 32.6 Å². The molecule has 3 aromatic carbocycles. The maximum absolute atomic E-state index is 10.2. The molecule has 0 aliphatic heterocycles. The van der Waals surface area contributed by atoms with Crippen molar-refractivity contribution in [2.75, 3.05) is 27.4 Å². The van der Waals surface area contributed by atoms with Gasteiger partial charge >= 0.3 is 0 Å². The monoisotopic (exact) mass is 540 g/mol. The van der Waals surface area contributed by atoms with Crippen molar-refractivity contribution in [2.45, 2.75) is 6.92 Å². The summed E-state index contributed by atoms with van der Waals surface area (Å²) in [4.78, 5) is 4.53. The smallest absolute Gasteiger partial charge is 0.238 e. The van der Waals surface area contributed by atoms with E-state index in [4.69, 9.17) is 41.4 Å². The highest BCUT2D eigenvalue weighted by molar-refractivity contribution is 6.32. The Morgan fingerprint density at radius 2 is 1.62 bits per heavy atom. The molecule has 0 unspecified atom stereocenters. The number of methoxy groups -OCH3 is 2. The van der Waals surface area contributed by atoms with Crippen LogP contribution in [0.15, 0.2) is 70.1 Å². The minimum absolute atomic E-state index is 0.0490. The number of terminal acetylenes is 1. The Morgan fingerprint density at radius 3 is 2.18 bits per heavy atom. The van der Waals surface area contributed by atoms with Crippen LogP contribution >= 0.6 is 11.6 Å². The topological polar surface area (TPSA) is 86.2 Å². The average Bonchev–Trinajstić information content (AvgIpc) is 3.34. The Balaban J connectivity index is 1.82. The Labute approximate surface area is 232 Å². The van der Waals surface area contributed by atoms with Gasteiger partial charge in [0.05, 0.1) is 25.8 Å². The van der Waals surface area contributed by atoms with Crippen molar-refractivity contribution in [2.24, 2.45) is 4.99 Å². The van der Waals surface area contributed by atoms with Gasteiger partial charge in [-0.1, -0.05) is 29.7 Å². The fraction of sp³-hybridized carbons (Fsp3) is 0.161. The molecule has 0 N–H and O–H groups in total. The van der Waals surface area contributed by atoms with Crippen molar-refractivity contribution in [1.82, 2.24) is 0 Å². The molecule has 0 saturated carbocycles. The molecular weight excluding hydrogens is 516 g/mol. The summed E-state index contributed by atoms with van der Waals surface area (Å²) in [5.74, 6) is 5.24. The van der Waals surface area contributed by atoms with E-state index in [1.807, 2.05) is 55.5 Å². The molecule has 7 nitrogen and oxygen atoms in total. The van der Waals surface area contributed by atoms with Gasteiger partial charge in [0.15, 0.2) is 11.5 Å². The molecule has 0 radical (unpaired) electrons. The molecule has 0 aliphatic rings. The maximum atomic E-state index is 10.2. The van der Waals surface area contributed by atoms with Gasteiger partial charge in [0, 0.05) is 17.3 Å². The zero-order valence-corrected chi connectivity index (χ0v) is 22.4. The van der Waals surface area contributed by atoms with Gasteiger partial charge in [-0.3, -0.25) is 0 Å². The van der Waals surface area contributed by atoms with Crippen molar-refractivity contribution in [3.63, 3.8) is 0 Å². The zero-order chi connectivity index (χ0) is 27.8. The lowest BCUT2D eigenvalue weighted by Gasteiger charge is -2.12. The number of hydrogen-bond acceptors (Lipinski definition) is 7. The van der Waals surface area contributed by atoms with Gasteiger partial charge in [0.1, 0.15) is 35.5 Å². The number of halogens is 1. The molecule has 0 saturated heterocycles. The van der Waals surface area contributed by atoms with Gasteiger partial charge in [-0.05, 0) is 66.6 Å². The lowest BCUT2D eigenvalue weighted by atomic mass is 9.98. The third-order valence-corrected chi connectivity index (χ3v) is 5.98. The third kappa shape index (κ3) is 6.01. The van der Waals surface area contributed by atoms with Crippen LogP contribution in [-0.2, 0) is 0 Å². The highest BCUT2D eigenvalue weighted by Gasteiger charge is 2.23. The van der Waals surface area contributed by atoms with E-state index in [0.717, 1.165) is 11.1 Å². The number of aliphatic imine (C=N–C) groups is 1. The maximum Gasteiger partial charge on any atom is 0.238 e. The SMILES string of the molecule is C#CCOc1c(Cl)cc(C=Nc2oc(-c3ccc(OC)cc3)c(-c3ccc(OC)cc3)c2C#N)cc1OCC. The van der Waals surface area contributed by atoms with Crippen molar-refractivity contribution < 1.29 is 23.4 Å². The van der Waals surface area contributed by atoms with Gasteiger partial charge < -0.3 is 23.4 Å². The molecule has 39 heavy (non-hydrogen) atoms. The standard InChI is InChI=1S/C31H25ClN2O5/c1-5-15-38-30-26(32)16-20(17-27(30)37-6-2)19-34-31-25(18-33)28(21-7-11-23(35-3)12-8-21)29(39-31)22-9-13-24(36-4)14-10-22/h1,7-14,16-17,19H,6,15H2,2-4H3. The molecule has 4 rings (SSSR count). The van der Waals surface area contributed by atoms with E-state index in [2.05, 4.69) is 17.0 Å². The van der Waals surface area contributed by atoms with Gasteiger partial charge in [-0.15, -0.1) is 6.42 Å². The summed E-state index contributed by atoms with van der Waals surface area (Å²) < 4.78 is 28.0. The lowest BCUT2D eigenvalue weighted by molar-refractivity contribution is 0.299. The van der Waals surface area contributed by atoms with Crippen LogP contribution in [0.5, 0.6) is 23.0 Å². The number of hydrogen-bond donors (Lipinski definition) is 0. The van der Waals surface area contributed by atoms with Crippen molar-refractivity contribution >= 4 is 23.7 Å².